The van der Waals surface area contributed by atoms with Crippen LogP contribution in [0.5, 0.6) is 0 Å². The van der Waals surface area contributed by atoms with E-state index in [-0.39, 0.29) is 4.90 Å². The molecular weight excluding hydrogens is 356 g/mol. The molecule has 2 aromatic carbocycles. The third-order valence-corrected chi connectivity index (χ3v) is 5.29. The van der Waals surface area contributed by atoms with Crippen LogP contribution in [0.2, 0.25) is 5.02 Å². The van der Waals surface area contributed by atoms with E-state index < -0.39 is 10.0 Å². The van der Waals surface area contributed by atoms with Gasteiger partial charge >= 0.3 is 0 Å². The largest absolute Gasteiger partial charge is 0.267 e. The minimum Gasteiger partial charge on any atom is -0.267 e. The van der Waals surface area contributed by atoms with Crippen molar-refractivity contribution in [1.82, 2.24) is 4.72 Å². The van der Waals surface area contributed by atoms with Crippen molar-refractivity contribution >= 4 is 27.5 Å². The fourth-order valence-electron chi connectivity index (χ4n) is 2.31. The summed E-state index contributed by atoms with van der Waals surface area (Å²) < 4.78 is 27.8. The summed E-state index contributed by atoms with van der Waals surface area (Å²) in [5.74, 6) is 0.344. The first-order valence-corrected chi connectivity index (χ1v) is 10.3. The van der Waals surface area contributed by atoms with Crippen molar-refractivity contribution in [2.45, 2.75) is 37.5 Å². The maximum Gasteiger partial charge on any atom is 0.263 e. The lowest BCUT2D eigenvalue weighted by atomic mass is 10.2. The molecule has 2 aromatic rings. The number of halogens is 1. The number of benzene rings is 2. The van der Waals surface area contributed by atoms with Gasteiger partial charge in [-0.3, -0.25) is 9.71 Å². The maximum absolute atomic E-state index is 12.6. The highest BCUT2D eigenvalue weighted by atomic mass is 35.5. The lowest BCUT2D eigenvalue weighted by molar-refractivity contribution is 0.592. The van der Waals surface area contributed by atoms with Gasteiger partial charge in [-0.05, 0) is 42.8 Å². The third-order valence-electron chi connectivity index (χ3n) is 3.68. The fraction of sp³-hybridized carbons (Fsp3) is 0.316. The molecule has 1 N–H and O–H groups in total. The SMILES string of the molecule is CCCCCCN=C(NS(=O)(=O)c1ccccc1)c1ccc(Cl)cc1. The van der Waals surface area contributed by atoms with Crippen molar-refractivity contribution in [3.8, 4) is 0 Å². The summed E-state index contributed by atoms with van der Waals surface area (Å²) >= 11 is 5.93. The molecule has 2 rings (SSSR count). The molecule has 4 nitrogen and oxygen atoms in total. The van der Waals surface area contributed by atoms with Gasteiger partial charge in [0.25, 0.3) is 10.0 Å². The number of nitrogens with one attached hydrogen (secondary N) is 1. The Labute approximate surface area is 155 Å². The van der Waals surface area contributed by atoms with Gasteiger partial charge in [0.2, 0.25) is 0 Å². The molecule has 0 saturated heterocycles. The highest BCUT2D eigenvalue weighted by molar-refractivity contribution is 7.90. The quantitative estimate of drug-likeness (QED) is 0.413. The Kier molecular flexibility index (Phi) is 7.47. The lowest BCUT2D eigenvalue weighted by Crippen LogP contribution is -2.31. The zero-order valence-electron chi connectivity index (χ0n) is 14.3. The summed E-state index contributed by atoms with van der Waals surface area (Å²) in [6, 6.07) is 15.3. The minimum atomic E-state index is -3.68. The Hall–Kier alpha value is -1.85. The second kappa shape index (κ2) is 9.59. The first-order valence-electron chi connectivity index (χ1n) is 8.41. The molecule has 6 heteroatoms. The smallest absolute Gasteiger partial charge is 0.263 e. The van der Waals surface area contributed by atoms with Crippen LogP contribution in [0.25, 0.3) is 0 Å². The number of aliphatic imine (C=N–C) groups is 1. The van der Waals surface area contributed by atoms with Gasteiger partial charge in [0.05, 0.1) is 4.90 Å². The summed E-state index contributed by atoms with van der Waals surface area (Å²) in [4.78, 5) is 4.70. The Morgan fingerprint density at radius 2 is 1.68 bits per heavy atom. The summed E-state index contributed by atoms with van der Waals surface area (Å²) in [5.41, 5.74) is 0.694. The number of sulfonamides is 1. The zero-order chi connectivity index (χ0) is 18.1. The van der Waals surface area contributed by atoms with E-state index in [1.807, 2.05) is 0 Å². The molecule has 0 atom stereocenters. The molecule has 0 spiro atoms. The average molecular weight is 379 g/mol. The first-order chi connectivity index (χ1) is 12.0. The number of unbranched alkanes of at least 4 members (excludes halogenated alkanes) is 3. The standard InChI is InChI=1S/C19H23ClN2O2S/c1-2-3-4-8-15-21-19(16-11-13-17(20)14-12-16)22-25(23,24)18-9-6-5-7-10-18/h5-7,9-14H,2-4,8,15H2,1H3,(H,21,22). The fourth-order valence-corrected chi connectivity index (χ4v) is 3.50. The highest BCUT2D eigenvalue weighted by Crippen LogP contribution is 2.13. The van der Waals surface area contributed by atoms with Gasteiger partial charge in [0, 0.05) is 17.1 Å². The van der Waals surface area contributed by atoms with Crippen LogP contribution in [-0.2, 0) is 10.0 Å². The van der Waals surface area contributed by atoms with Gasteiger partial charge in [0.1, 0.15) is 5.84 Å². The molecule has 0 fully saturated rings. The van der Waals surface area contributed by atoms with Crippen LogP contribution < -0.4 is 4.72 Å². The van der Waals surface area contributed by atoms with E-state index in [0.29, 0.717) is 23.0 Å². The molecule has 0 radical (unpaired) electrons. The summed E-state index contributed by atoms with van der Waals surface area (Å²) in [5, 5.41) is 0.594. The number of hydrogen-bond donors (Lipinski definition) is 1. The van der Waals surface area contributed by atoms with E-state index in [4.69, 9.17) is 11.6 Å². The molecule has 0 unspecified atom stereocenters. The minimum absolute atomic E-state index is 0.211. The van der Waals surface area contributed by atoms with E-state index in [1.54, 1.807) is 54.6 Å². The van der Waals surface area contributed by atoms with Crippen molar-refractivity contribution in [2.24, 2.45) is 4.99 Å². The van der Waals surface area contributed by atoms with Gasteiger partial charge in [-0.1, -0.05) is 56.0 Å². The van der Waals surface area contributed by atoms with Crippen LogP contribution in [0.1, 0.15) is 38.2 Å². The Bertz CT molecular complexity index is 788. The summed E-state index contributed by atoms with van der Waals surface area (Å²) in [6.45, 7) is 2.73. The molecular formula is C19H23ClN2O2S. The van der Waals surface area contributed by atoms with Crippen LogP contribution in [-0.4, -0.2) is 20.8 Å². The average Bonchev–Trinajstić information content (AvgIpc) is 2.62. The topological polar surface area (TPSA) is 58.5 Å². The predicted molar refractivity (Wildman–Crippen MR) is 104 cm³/mol. The van der Waals surface area contributed by atoms with E-state index in [1.165, 1.54) is 0 Å². The van der Waals surface area contributed by atoms with Crippen LogP contribution in [0.15, 0.2) is 64.5 Å². The van der Waals surface area contributed by atoms with Crippen LogP contribution >= 0.6 is 11.6 Å². The first kappa shape index (κ1) is 19.5. The van der Waals surface area contributed by atoms with Crippen molar-refractivity contribution in [1.29, 1.82) is 0 Å². The van der Waals surface area contributed by atoms with E-state index >= 15 is 0 Å². The molecule has 25 heavy (non-hydrogen) atoms. The van der Waals surface area contributed by atoms with Crippen LogP contribution in [0, 0.1) is 0 Å². The van der Waals surface area contributed by atoms with Crippen molar-refractivity contribution in [3.05, 3.63) is 65.2 Å². The lowest BCUT2D eigenvalue weighted by Gasteiger charge is -2.12. The zero-order valence-corrected chi connectivity index (χ0v) is 15.9. The van der Waals surface area contributed by atoms with E-state index in [2.05, 4.69) is 16.6 Å². The number of rotatable bonds is 8. The van der Waals surface area contributed by atoms with Gasteiger partial charge in [-0.15, -0.1) is 0 Å². The van der Waals surface area contributed by atoms with Crippen LogP contribution in [0.3, 0.4) is 0 Å². The Morgan fingerprint density at radius 3 is 2.32 bits per heavy atom. The molecule has 0 heterocycles. The Balaban J connectivity index is 2.22. The monoisotopic (exact) mass is 378 g/mol. The number of hydrogen-bond acceptors (Lipinski definition) is 3. The molecule has 0 aliphatic carbocycles. The Morgan fingerprint density at radius 1 is 1.00 bits per heavy atom. The predicted octanol–water partition coefficient (Wildman–Crippen LogP) is 4.65. The normalized spacial score (nSPS) is 12.2. The molecule has 0 aliphatic rings. The molecule has 134 valence electrons. The molecule has 0 bridgehead atoms. The number of amidine groups is 1. The van der Waals surface area contributed by atoms with Crippen LogP contribution in [0.4, 0.5) is 0 Å². The highest BCUT2D eigenvalue weighted by Gasteiger charge is 2.17. The van der Waals surface area contributed by atoms with E-state index in [0.717, 1.165) is 25.7 Å². The van der Waals surface area contributed by atoms with Gasteiger partial charge < -0.3 is 0 Å². The summed E-state index contributed by atoms with van der Waals surface area (Å²) in [6.07, 6.45) is 4.31. The van der Waals surface area contributed by atoms with Gasteiger partial charge in [-0.2, -0.15) is 0 Å². The third kappa shape index (κ3) is 6.18. The molecule has 0 amide bonds. The van der Waals surface area contributed by atoms with E-state index in [9.17, 15) is 8.42 Å². The molecule has 0 saturated carbocycles. The maximum atomic E-state index is 12.6. The van der Waals surface area contributed by atoms with Gasteiger partial charge in [0.15, 0.2) is 0 Å². The second-order valence-electron chi connectivity index (χ2n) is 5.72. The summed E-state index contributed by atoms with van der Waals surface area (Å²) in [7, 11) is -3.68. The molecule has 0 aromatic heterocycles. The van der Waals surface area contributed by atoms with Crippen molar-refractivity contribution < 1.29 is 8.42 Å². The van der Waals surface area contributed by atoms with Crippen molar-refractivity contribution in [2.75, 3.05) is 6.54 Å². The van der Waals surface area contributed by atoms with Crippen molar-refractivity contribution in [3.63, 3.8) is 0 Å². The second-order valence-corrected chi connectivity index (χ2v) is 7.84. The number of nitrogens with zero attached hydrogens (tertiary/aromatic N) is 1. The van der Waals surface area contributed by atoms with Gasteiger partial charge in [-0.25, -0.2) is 8.42 Å². The molecule has 0 aliphatic heterocycles.